The summed E-state index contributed by atoms with van der Waals surface area (Å²) in [5.41, 5.74) is 0. The second-order valence-corrected chi connectivity index (χ2v) is 12.9. The van der Waals surface area contributed by atoms with Gasteiger partial charge in [-0.3, -0.25) is 0 Å². The first kappa shape index (κ1) is 30.1. The summed E-state index contributed by atoms with van der Waals surface area (Å²) in [6.45, 7) is 2.25. The number of rotatable bonds is 25. The third-order valence-electron chi connectivity index (χ3n) is 6.43. The topological polar surface area (TPSA) is 57.5 Å². The minimum absolute atomic E-state index is 0.0174. The molecule has 182 valence electrons. The van der Waals surface area contributed by atoms with E-state index < -0.39 is 7.14 Å². The minimum atomic E-state index is -2.31. The lowest BCUT2D eigenvalue weighted by atomic mass is 10.0. The van der Waals surface area contributed by atoms with Crippen LogP contribution in [0.4, 0.5) is 0 Å². The molecule has 0 spiro atoms. The molecule has 0 saturated heterocycles. The molecule has 30 heavy (non-hydrogen) atoms. The van der Waals surface area contributed by atoms with Gasteiger partial charge in [0.15, 0.2) is 0 Å². The summed E-state index contributed by atoms with van der Waals surface area (Å²) in [5, 5.41) is 18.1. The second-order valence-electron chi connectivity index (χ2n) is 9.39. The maximum absolute atomic E-state index is 12.5. The van der Waals surface area contributed by atoms with Crippen molar-refractivity contribution in [2.45, 2.75) is 135 Å². The Kier molecular flexibility index (Phi) is 23.9. The van der Waals surface area contributed by atoms with Gasteiger partial charge in [0.25, 0.3) is 0 Å². The highest BCUT2D eigenvalue weighted by Gasteiger charge is 2.19. The summed E-state index contributed by atoms with van der Waals surface area (Å²) >= 11 is 0. The Morgan fingerprint density at radius 1 is 0.433 bits per heavy atom. The van der Waals surface area contributed by atoms with Gasteiger partial charge in [0.1, 0.15) is 0 Å². The normalized spacial score (nSPS) is 12.0. The monoisotopic (exact) mass is 446 g/mol. The van der Waals surface area contributed by atoms with Crippen molar-refractivity contribution in [2.75, 3.05) is 31.7 Å². The number of hydrogen-bond acceptors (Lipinski definition) is 3. The molecule has 0 fully saturated rings. The fraction of sp³-hybridized carbons (Fsp3) is 1.00. The average Bonchev–Trinajstić information content (AvgIpc) is 2.72. The molecular formula is C26H55O3P. The van der Waals surface area contributed by atoms with Crippen molar-refractivity contribution < 1.29 is 14.8 Å². The molecule has 0 radical (unpaired) electrons. The number of hydrogen-bond donors (Lipinski definition) is 2. The highest BCUT2D eigenvalue weighted by atomic mass is 31.2. The Morgan fingerprint density at radius 2 is 0.700 bits per heavy atom. The molecule has 3 nitrogen and oxygen atoms in total. The number of unbranched alkanes of at least 4 members (excludes halogenated alkanes) is 19. The lowest BCUT2D eigenvalue weighted by molar-refractivity contribution is 0.311. The van der Waals surface area contributed by atoms with Crippen LogP contribution in [-0.2, 0) is 4.57 Å². The molecule has 0 rings (SSSR count). The molecular weight excluding hydrogens is 391 g/mol. The molecule has 0 aromatic rings. The van der Waals surface area contributed by atoms with Crippen LogP contribution in [0.5, 0.6) is 0 Å². The van der Waals surface area contributed by atoms with Gasteiger partial charge in [0.05, 0.1) is 7.14 Å². The van der Waals surface area contributed by atoms with Crippen LogP contribution in [0.25, 0.3) is 0 Å². The SMILES string of the molecule is CCCCCCCCCCCCCCCCCCCCCCP(=O)(CCO)CCO. The Labute approximate surface area is 189 Å². The van der Waals surface area contributed by atoms with E-state index in [-0.39, 0.29) is 13.2 Å². The predicted molar refractivity (Wildman–Crippen MR) is 134 cm³/mol. The van der Waals surface area contributed by atoms with Gasteiger partial charge in [-0.2, -0.15) is 0 Å². The predicted octanol–water partition coefficient (Wildman–Crippen LogP) is 8.16. The van der Waals surface area contributed by atoms with Crippen LogP contribution in [0, 0.1) is 0 Å². The quantitative estimate of drug-likeness (QED) is 0.110. The average molecular weight is 447 g/mol. The van der Waals surface area contributed by atoms with Gasteiger partial charge in [0, 0.05) is 31.7 Å². The first-order chi connectivity index (χ1) is 14.7. The van der Waals surface area contributed by atoms with Crippen molar-refractivity contribution in [1.29, 1.82) is 0 Å². The first-order valence-corrected chi connectivity index (χ1v) is 15.7. The van der Waals surface area contributed by atoms with Gasteiger partial charge in [-0.15, -0.1) is 0 Å². The molecule has 0 aliphatic rings. The van der Waals surface area contributed by atoms with Crippen molar-refractivity contribution in [1.82, 2.24) is 0 Å². The van der Waals surface area contributed by atoms with Crippen LogP contribution in [0.15, 0.2) is 0 Å². The first-order valence-electron chi connectivity index (χ1n) is 13.5. The molecule has 0 saturated carbocycles. The summed E-state index contributed by atoms with van der Waals surface area (Å²) in [5.74, 6) is 0. The van der Waals surface area contributed by atoms with Gasteiger partial charge < -0.3 is 14.8 Å². The fourth-order valence-electron chi connectivity index (χ4n) is 4.36. The molecule has 0 amide bonds. The van der Waals surface area contributed by atoms with E-state index in [2.05, 4.69) is 6.92 Å². The van der Waals surface area contributed by atoms with Crippen LogP contribution in [0.1, 0.15) is 135 Å². The van der Waals surface area contributed by atoms with E-state index in [0.717, 1.165) is 12.8 Å². The molecule has 0 aromatic heterocycles. The minimum Gasteiger partial charge on any atom is -0.396 e. The van der Waals surface area contributed by atoms with Crippen molar-refractivity contribution in [2.24, 2.45) is 0 Å². The van der Waals surface area contributed by atoms with Crippen LogP contribution in [0.2, 0.25) is 0 Å². The van der Waals surface area contributed by atoms with Gasteiger partial charge in [0.2, 0.25) is 0 Å². The highest BCUT2D eigenvalue weighted by molar-refractivity contribution is 7.63. The zero-order chi connectivity index (χ0) is 22.2. The van der Waals surface area contributed by atoms with E-state index in [9.17, 15) is 4.57 Å². The molecule has 0 bridgehead atoms. The Hall–Kier alpha value is 0.150. The van der Waals surface area contributed by atoms with Gasteiger partial charge >= 0.3 is 0 Å². The summed E-state index contributed by atoms with van der Waals surface area (Å²) in [6, 6.07) is 0. The van der Waals surface area contributed by atoms with Gasteiger partial charge in [-0.1, -0.05) is 129 Å². The molecule has 0 aromatic carbocycles. The molecule has 2 N–H and O–H groups in total. The maximum Gasteiger partial charge on any atom is 0.0922 e. The van der Waals surface area contributed by atoms with Gasteiger partial charge in [-0.05, 0) is 6.42 Å². The summed E-state index contributed by atoms with van der Waals surface area (Å²) in [4.78, 5) is 0. The maximum atomic E-state index is 12.5. The van der Waals surface area contributed by atoms with Crippen molar-refractivity contribution in [3.63, 3.8) is 0 Å². The van der Waals surface area contributed by atoms with E-state index in [4.69, 9.17) is 10.2 Å². The summed E-state index contributed by atoms with van der Waals surface area (Å²) in [6.07, 6.45) is 28.8. The molecule has 0 atom stereocenters. The van der Waals surface area contributed by atoms with Crippen LogP contribution < -0.4 is 0 Å². The lowest BCUT2D eigenvalue weighted by Crippen LogP contribution is -2.06. The van der Waals surface area contributed by atoms with E-state index in [1.54, 1.807) is 0 Å². The lowest BCUT2D eigenvalue weighted by Gasteiger charge is -2.15. The fourth-order valence-corrected chi connectivity index (χ4v) is 6.55. The smallest absolute Gasteiger partial charge is 0.0922 e. The molecule has 0 unspecified atom stereocenters. The molecule has 4 heteroatoms. The Morgan fingerprint density at radius 3 is 0.967 bits per heavy atom. The van der Waals surface area contributed by atoms with Crippen LogP contribution in [0.3, 0.4) is 0 Å². The molecule has 0 heterocycles. The van der Waals surface area contributed by atoms with Crippen molar-refractivity contribution in [3.05, 3.63) is 0 Å². The number of aliphatic hydroxyl groups excluding tert-OH is 2. The second kappa shape index (κ2) is 23.8. The van der Waals surface area contributed by atoms with E-state index >= 15 is 0 Å². The third kappa shape index (κ3) is 21.4. The third-order valence-corrected chi connectivity index (χ3v) is 9.60. The van der Waals surface area contributed by atoms with E-state index in [1.807, 2.05) is 0 Å². The summed E-state index contributed by atoms with van der Waals surface area (Å²) < 4.78 is 12.5. The van der Waals surface area contributed by atoms with Gasteiger partial charge in [-0.25, -0.2) is 0 Å². The van der Waals surface area contributed by atoms with Crippen molar-refractivity contribution >= 4 is 7.14 Å². The van der Waals surface area contributed by atoms with E-state index in [0.29, 0.717) is 18.5 Å². The standard InChI is InChI=1S/C26H55O3P/c1-2-3-4-5-6-7-8-9-10-11-12-13-14-15-16-17-18-19-20-21-24-30(29,25-22-27)26-23-28/h27-28H,2-26H2,1H3. The van der Waals surface area contributed by atoms with E-state index in [1.165, 1.54) is 116 Å². The Balaban J connectivity index is 3.22. The highest BCUT2D eigenvalue weighted by Crippen LogP contribution is 2.45. The van der Waals surface area contributed by atoms with Crippen LogP contribution >= 0.6 is 7.14 Å². The molecule has 0 aliphatic carbocycles. The number of aliphatic hydroxyl groups is 2. The zero-order valence-electron chi connectivity index (χ0n) is 20.4. The van der Waals surface area contributed by atoms with Crippen LogP contribution in [-0.4, -0.2) is 41.9 Å². The Bertz CT molecular complexity index is 363. The van der Waals surface area contributed by atoms with Crippen molar-refractivity contribution in [3.8, 4) is 0 Å². The molecule has 0 aliphatic heterocycles. The summed E-state index contributed by atoms with van der Waals surface area (Å²) in [7, 11) is -2.31. The largest absolute Gasteiger partial charge is 0.396 e. The zero-order valence-corrected chi connectivity index (χ0v) is 21.3.